The Labute approximate surface area is 118 Å². The lowest BCUT2D eigenvalue weighted by molar-refractivity contribution is -0.186. The summed E-state index contributed by atoms with van der Waals surface area (Å²) in [6, 6.07) is 5.30. The Morgan fingerprint density at radius 3 is 2.68 bits per heavy atom. The summed E-state index contributed by atoms with van der Waals surface area (Å²) in [5.41, 5.74) is 0.854. The fraction of sp³-hybridized carbons (Fsp3) is 0.500. The van der Waals surface area contributed by atoms with Gasteiger partial charge in [0, 0.05) is 16.6 Å². The van der Waals surface area contributed by atoms with E-state index in [-0.39, 0.29) is 0 Å². The summed E-state index contributed by atoms with van der Waals surface area (Å²) in [4.78, 5) is 0. The Bertz CT molecular complexity index is 399. The molecule has 0 heterocycles. The molecular weight excluding hydrogens is 327 g/mol. The third-order valence-corrected chi connectivity index (χ3v) is 2.64. The van der Waals surface area contributed by atoms with Crippen molar-refractivity contribution in [2.45, 2.75) is 19.6 Å². The van der Waals surface area contributed by atoms with E-state index in [2.05, 4.69) is 26.0 Å². The first-order valence-corrected chi connectivity index (χ1v) is 6.48. The predicted molar refractivity (Wildman–Crippen MR) is 69.0 cm³/mol. The van der Waals surface area contributed by atoms with Crippen LogP contribution in [0.4, 0.5) is 13.2 Å². The van der Waals surface area contributed by atoms with Gasteiger partial charge in [-0.05, 0) is 24.7 Å². The van der Waals surface area contributed by atoms with E-state index in [0.29, 0.717) is 12.3 Å². The first-order chi connectivity index (χ1) is 8.92. The molecule has 0 aliphatic rings. The van der Waals surface area contributed by atoms with Crippen LogP contribution < -0.4 is 10.1 Å². The highest BCUT2D eigenvalue weighted by atomic mass is 79.9. The highest BCUT2D eigenvalue weighted by molar-refractivity contribution is 9.10. The van der Waals surface area contributed by atoms with E-state index in [9.17, 15) is 13.2 Å². The van der Waals surface area contributed by atoms with Crippen LogP contribution in [-0.2, 0) is 11.3 Å². The second kappa shape index (κ2) is 7.72. The van der Waals surface area contributed by atoms with Crippen molar-refractivity contribution in [1.29, 1.82) is 0 Å². The lowest BCUT2D eigenvalue weighted by Gasteiger charge is -2.13. The van der Waals surface area contributed by atoms with Gasteiger partial charge in [-0.1, -0.05) is 22.9 Å². The van der Waals surface area contributed by atoms with Gasteiger partial charge in [-0.3, -0.25) is 0 Å². The van der Waals surface area contributed by atoms with Crippen LogP contribution in [0.25, 0.3) is 0 Å². The number of hydrogen-bond donors (Lipinski definition) is 1. The van der Waals surface area contributed by atoms with E-state index < -0.39 is 19.6 Å². The number of benzene rings is 1. The molecule has 0 saturated heterocycles. The van der Waals surface area contributed by atoms with Gasteiger partial charge in [0.15, 0.2) is 6.79 Å². The van der Waals surface area contributed by atoms with Crippen LogP contribution in [0.15, 0.2) is 22.7 Å². The zero-order chi connectivity index (χ0) is 14.3. The molecule has 1 rings (SSSR count). The zero-order valence-electron chi connectivity index (χ0n) is 10.4. The minimum absolute atomic E-state index is 0.430. The van der Waals surface area contributed by atoms with Crippen molar-refractivity contribution in [3.05, 3.63) is 28.2 Å². The van der Waals surface area contributed by atoms with Gasteiger partial charge in [-0.2, -0.15) is 13.2 Å². The molecule has 108 valence electrons. The first-order valence-electron chi connectivity index (χ1n) is 5.69. The third kappa shape index (κ3) is 6.79. The normalized spacial score (nSPS) is 11.6. The molecule has 0 bridgehead atoms. The summed E-state index contributed by atoms with van der Waals surface area (Å²) >= 11 is 3.33. The summed E-state index contributed by atoms with van der Waals surface area (Å²) < 4.78 is 46.1. The summed E-state index contributed by atoms with van der Waals surface area (Å²) in [5, 5.41) is 3.13. The minimum atomic E-state index is -4.34. The smallest absolute Gasteiger partial charge is 0.411 e. The number of rotatable bonds is 7. The second-order valence-electron chi connectivity index (χ2n) is 3.76. The molecule has 1 N–H and O–H groups in total. The Morgan fingerprint density at radius 2 is 2.05 bits per heavy atom. The van der Waals surface area contributed by atoms with Crippen LogP contribution >= 0.6 is 15.9 Å². The average molecular weight is 342 g/mol. The maximum atomic E-state index is 11.9. The summed E-state index contributed by atoms with van der Waals surface area (Å²) in [6.07, 6.45) is -4.34. The van der Waals surface area contributed by atoms with Crippen molar-refractivity contribution < 1.29 is 22.6 Å². The molecular formula is C12H15BrF3NO2. The molecule has 0 fully saturated rings. The number of hydrogen-bond acceptors (Lipinski definition) is 3. The van der Waals surface area contributed by atoms with Gasteiger partial charge in [0.1, 0.15) is 12.4 Å². The van der Waals surface area contributed by atoms with Crippen molar-refractivity contribution in [3.8, 4) is 5.75 Å². The predicted octanol–water partition coefficient (Wildman–Crippen LogP) is 3.47. The molecule has 0 radical (unpaired) electrons. The van der Waals surface area contributed by atoms with E-state index >= 15 is 0 Å². The molecule has 0 unspecified atom stereocenters. The van der Waals surface area contributed by atoms with Gasteiger partial charge < -0.3 is 14.8 Å². The quantitative estimate of drug-likeness (QED) is 0.608. The Balaban J connectivity index is 2.52. The molecule has 0 aliphatic heterocycles. The fourth-order valence-electron chi connectivity index (χ4n) is 1.35. The molecule has 0 aromatic heterocycles. The van der Waals surface area contributed by atoms with Crippen molar-refractivity contribution >= 4 is 15.9 Å². The van der Waals surface area contributed by atoms with Gasteiger partial charge in [0.25, 0.3) is 0 Å². The Morgan fingerprint density at radius 1 is 1.32 bits per heavy atom. The van der Waals surface area contributed by atoms with Gasteiger partial charge in [0.2, 0.25) is 0 Å². The molecule has 0 saturated carbocycles. The van der Waals surface area contributed by atoms with Gasteiger partial charge in [-0.15, -0.1) is 0 Å². The highest BCUT2D eigenvalue weighted by Gasteiger charge is 2.27. The van der Waals surface area contributed by atoms with Crippen LogP contribution in [0.3, 0.4) is 0 Å². The molecule has 1 aromatic rings. The van der Waals surface area contributed by atoms with Gasteiger partial charge in [0.05, 0.1) is 0 Å². The second-order valence-corrected chi connectivity index (χ2v) is 4.67. The van der Waals surface area contributed by atoms with E-state index in [0.717, 1.165) is 16.6 Å². The largest absolute Gasteiger partial charge is 0.467 e. The van der Waals surface area contributed by atoms with Gasteiger partial charge in [-0.25, -0.2) is 0 Å². The molecule has 0 amide bonds. The maximum absolute atomic E-state index is 11.9. The average Bonchev–Trinajstić information content (AvgIpc) is 2.32. The lowest BCUT2D eigenvalue weighted by Crippen LogP contribution is -2.19. The van der Waals surface area contributed by atoms with Crippen molar-refractivity contribution in [1.82, 2.24) is 5.32 Å². The summed E-state index contributed by atoms with van der Waals surface area (Å²) in [6.45, 7) is 1.58. The summed E-state index contributed by atoms with van der Waals surface area (Å²) in [5.74, 6) is 0.506. The molecule has 7 heteroatoms. The first kappa shape index (κ1) is 16.3. The zero-order valence-corrected chi connectivity index (χ0v) is 12.0. The number of nitrogens with one attached hydrogen (secondary N) is 1. The van der Waals surface area contributed by atoms with E-state index in [4.69, 9.17) is 4.74 Å². The topological polar surface area (TPSA) is 30.5 Å². The highest BCUT2D eigenvalue weighted by Crippen LogP contribution is 2.23. The number of alkyl halides is 3. The third-order valence-electron chi connectivity index (χ3n) is 2.15. The molecule has 3 nitrogen and oxygen atoms in total. The van der Waals surface area contributed by atoms with Crippen LogP contribution in [-0.4, -0.2) is 26.1 Å². The standard InChI is InChI=1S/C12H15BrF3NO2/c1-2-17-6-9-5-10(13)3-4-11(9)19-8-18-7-12(14,15)16/h3-5,17H,2,6-8H2,1H3. The van der Waals surface area contributed by atoms with Gasteiger partial charge >= 0.3 is 6.18 Å². The van der Waals surface area contributed by atoms with Crippen LogP contribution in [0.5, 0.6) is 5.75 Å². The van der Waals surface area contributed by atoms with E-state index in [1.807, 2.05) is 13.0 Å². The Kier molecular flexibility index (Phi) is 6.60. The number of ether oxygens (including phenoxy) is 2. The molecule has 1 aromatic carbocycles. The molecule has 19 heavy (non-hydrogen) atoms. The summed E-state index contributed by atoms with van der Waals surface area (Å²) in [7, 11) is 0. The molecule has 0 spiro atoms. The van der Waals surface area contributed by atoms with Crippen LogP contribution in [0, 0.1) is 0 Å². The molecule has 0 aliphatic carbocycles. The SMILES string of the molecule is CCNCc1cc(Br)ccc1OCOCC(F)(F)F. The van der Waals surface area contributed by atoms with Crippen molar-refractivity contribution in [3.63, 3.8) is 0 Å². The van der Waals surface area contributed by atoms with Crippen LogP contribution in [0.1, 0.15) is 12.5 Å². The number of halogens is 4. The monoisotopic (exact) mass is 341 g/mol. The van der Waals surface area contributed by atoms with E-state index in [1.54, 1.807) is 12.1 Å². The van der Waals surface area contributed by atoms with Crippen LogP contribution in [0.2, 0.25) is 0 Å². The molecule has 0 atom stereocenters. The van der Waals surface area contributed by atoms with Crippen molar-refractivity contribution in [2.75, 3.05) is 19.9 Å². The van der Waals surface area contributed by atoms with Crippen molar-refractivity contribution in [2.24, 2.45) is 0 Å². The maximum Gasteiger partial charge on any atom is 0.411 e. The minimum Gasteiger partial charge on any atom is -0.467 e. The fourth-order valence-corrected chi connectivity index (χ4v) is 1.76. The Hall–Kier alpha value is -0.790. The lowest BCUT2D eigenvalue weighted by atomic mass is 10.2. The van der Waals surface area contributed by atoms with E-state index in [1.165, 1.54) is 0 Å².